The Labute approximate surface area is 158 Å². The minimum absolute atomic E-state index is 0. The van der Waals surface area contributed by atoms with Crippen molar-refractivity contribution in [3.05, 3.63) is 72.4 Å². The first-order chi connectivity index (χ1) is 11.2. The lowest BCUT2D eigenvalue weighted by molar-refractivity contribution is 0.626. The van der Waals surface area contributed by atoms with Gasteiger partial charge in [0.2, 0.25) is 0 Å². The maximum atomic E-state index is 13.0. The minimum Gasteiger partial charge on any atom is -0.363 e. The van der Waals surface area contributed by atoms with Gasteiger partial charge in [-0.2, -0.15) is 0 Å². The summed E-state index contributed by atoms with van der Waals surface area (Å²) < 4.78 is 13.0. The smallest absolute Gasteiger partial charge is 0.150 e. The molecule has 2 aromatic heterocycles. The van der Waals surface area contributed by atoms with Gasteiger partial charge in [0, 0.05) is 18.4 Å². The van der Waals surface area contributed by atoms with Gasteiger partial charge in [0.25, 0.3) is 0 Å². The number of nitrogens with one attached hydrogen (secondary N) is 2. The van der Waals surface area contributed by atoms with Crippen LogP contribution in [0.15, 0.2) is 61.1 Å². The highest BCUT2D eigenvalue weighted by atomic mass is 35.5. The molecule has 0 unspecified atom stereocenters. The van der Waals surface area contributed by atoms with Crippen molar-refractivity contribution < 1.29 is 4.39 Å². The van der Waals surface area contributed by atoms with E-state index in [1.807, 2.05) is 25.1 Å². The maximum absolute atomic E-state index is 13.0. The van der Waals surface area contributed by atoms with Gasteiger partial charge in [-0.05, 0) is 36.8 Å². The standard InChI is InChI=1S/C17H16FN5.2ClH/c1-12(13-5-7-14(18)8-6-13)21-15-3-2-4-16(22-15)23-17-11-19-9-10-20-17;;/h2-12H,1H3,(H2,20,21,22,23);2*1H/t12-;;/m0../s1. The Bertz CT molecular complexity index is 772. The largest absolute Gasteiger partial charge is 0.363 e. The molecule has 25 heavy (non-hydrogen) atoms. The third-order valence-electron chi connectivity index (χ3n) is 3.30. The summed E-state index contributed by atoms with van der Waals surface area (Å²) in [5.41, 5.74) is 0.987. The van der Waals surface area contributed by atoms with Gasteiger partial charge in [-0.1, -0.05) is 18.2 Å². The Kier molecular flexibility index (Phi) is 8.04. The number of hydrogen-bond donors (Lipinski definition) is 2. The molecule has 0 aliphatic heterocycles. The van der Waals surface area contributed by atoms with Crippen LogP contribution in [0.3, 0.4) is 0 Å². The molecule has 0 saturated carbocycles. The third-order valence-corrected chi connectivity index (χ3v) is 3.30. The SMILES string of the molecule is C[C@H](Nc1cccc(Nc2cnccn2)n1)c1ccc(F)cc1.Cl.Cl. The van der Waals surface area contributed by atoms with Gasteiger partial charge in [0.05, 0.1) is 6.20 Å². The summed E-state index contributed by atoms with van der Waals surface area (Å²) in [6.07, 6.45) is 4.85. The minimum atomic E-state index is -0.241. The lowest BCUT2D eigenvalue weighted by atomic mass is 10.1. The Morgan fingerprint density at radius 2 is 1.64 bits per heavy atom. The molecule has 3 aromatic rings. The number of anilines is 3. The van der Waals surface area contributed by atoms with Crippen molar-refractivity contribution in [1.29, 1.82) is 0 Å². The zero-order valence-electron chi connectivity index (χ0n) is 13.4. The lowest BCUT2D eigenvalue weighted by Crippen LogP contribution is -2.08. The van der Waals surface area contributed by atoms with Crippen molar-refractivity contribution >= 4 is 42.3 Å². The number of benzene rings is 1. The van der Waals surface area contributed by atoms with E-state index in [4.69, 9.17) is 0 Å². The number of aromatic nitrogens is 3. The normalized spacial score (nSPS) is 10.8. The Hall–Kier alpha value is -2.44. The second-order valence-electron chi connectivity index (χ2n) is 5.04. The van der Waals surface area contributed by atoms with E-state index in [9.17, 15) is 4.39 Å². The van der Waals surface area contributed by atoms with Gasteiger partial charge < -0.3 is 10.6 Å². The van der Waals surface area contributed by atoms with Crippen LogP contribution in [0.2, 0.25) is 0 Å². The number of halogens is 3. The maximum Gasteiger partial charge on any atom is 0.150 e. The van der Waals surface area contributed by atoms with E-state index >= 15 is 0 Å². The highest BCUT2D eigenvalue weighted by molar-refractivity contribution is 5.85. The van der Waals surface area contributed by atoms with Gasteiger partial charge in [0.1, 0.15) is 23.3 Å². The molecule has 1 aromatic carbocycles. The summed E-state index contributed by atoms with van der Waals surface area (Å²) in [5.74, 6) is 1.77. The number of hydrogen-bond acceptors (Lipinski definition) is 5. The van der Waals surface area contributed by atoms with Crippen LogP contribution in [-0.4, -0.2) is 15.0 Å². The van der Waals surface area contributed by atoms with E-state index in [0.717, 1.165) is 11.4 Å². The predicted molar refractivity (Wildman–Crippen MR) is 102 cm³/mol. The Morgan fingerprint density at radius 3 is 2.32 bits per heavy atom. The summed E-state index contributed by atoms with van der Waals surface area (Å²) in [5, 5.41) is 6.38. The lowest BCUT2D eigenvalue weighted by Gasteiger charge is -2.15. The van der Waals surface area contributed by atoms with Crippen molar-refractivity contribution in [2.24, 2.45) is 0 Å². The van der Waals surface area contributed by atoms with Crippen molar-refractivity contribution in [2.45, 2.75) is 13.0 Å². The monoisotopic (exact) mass is 381 g/mol. The fourth-order valence-electron chi connectivity index (χ4n) is 2.14. The van der Waals surface area contributed by atoms with E-state index in [2.05, 4.69) is 25.6 Å². The molecule has 132 valence electrons. The third kappa shape index (κ3) is 5.85. The summed E-state index contributed by atoms with van der Waals surface area (Å²) >= 11 is 0. The Morgan fingerprint density at radius 1 is 0.920 bits per heavy atom. The summed E-state index contributed by atoms with van der Waals surface area (Å²) in [6, 6.07) is 12.0. The Balaban J connectivity index is 0.00000156. The summed E-state index contributed by atoms with van der Waals surface area (Å²) in [7, 11) is 0. The van der Waals surface area contributed by atoms with Crippen molar-refractivity contribution in [3.63, 3.8) is 0 Å². The quantitative estimate of drug-likeness (QED) is 0.666. The van der Waals surface area contributed by atoms with Crippen LogP contribution < -0.4 is 10.6 Å². The molecule has 8 heteroatoms. The topological polar surface area (TPSA) is 62.7 Å². The molecule has 0 aliphatic rings. The number of rotatable bonds is 5. The summed E-state index contributed by atoms with van der Waals surface area (Å²) in [4.78, 5) is 12.6. The molecule has 1 atom stereocenters. The van der Waals surface area contributed by atoms with Gasteiger partial charge in [-0.25, -0.2) is 14.4 Å². The van der Waals surface area contributed by atoms with E-state index in [1.54, 1.807) is 30.7 Å². The molecule has 5 nitrogen and oxygen atoms in total. The average Bonchev–Trinajstić information content (AvgIpc) is 2.57. The molecular weight excluding hydrogens is 364 g/mol. The van der Waals surface area contributed by atoms with Crippen LogP contribution in [-0.2, 0) is 0 Å². The van der Waals surface area contributed by atoms with Gasteiger partial charge in [-0.3, -0.25) is 4.98 Å². The molecule has 0 amide bonds. The highest BCUT2D eigenvalue weighted by Gasteiger charge is 2.07. The fraction of sp³-hybridized carbons (Fsp3) is 0.118. The number of nitrogens with zero attached hydrogens (tertiary/aromatic N) is 3. The van der Waals surface area contributed by atoms with Crippen LogP contribution in [0.1, 0.15) is 18.5 Å². The first kappa shape index (κ1) is 20.6. The zero-order chi connectivity index (χ0) is 16.1. The fourth-order valence-corrected chi connectivity index (χ4v) is 2.14. The van der Waals surface area contributed by atoms with E-state index in [-0.39, 0.29) is 36.7 Å². The van der Waals surface area contributed by atoms with Crippen molar-refractivity contribution in [1.82, 2.24) is 15.0 Å². The first-order valence-electron chi connectivity index (χ1n) is 7.23. The predicted octanol–water partition coefficient (Wildman–Crippen LogP) is 4.77. The van der Waals surface area contributed by atoms with Crippen LogP contribution in [0, 0.1) is 5.82 Å². The number of pyridine rings is 1. The average molecular weight is 382 g/mol. The van der Waals surface area contributed by atoms with E-state index in [1.165, 1.54) is 12.1 Å². The van der Waals surface area contributed by atoms with Crippen molar-refractivity contribution in [3.8, 4) is 0 Å². The van der Waals surface area contributed by atoms with Crippen LogP contribution in [0.5, 0.6) is 0 Å². The van der Waals surface area contributed by atoms with E-state index in [0.29, 0.717) is 11.6 Å². The molecule has 0 saturated heterocycles. The van der Waals surface area contributed by atoms with Crippen LogP contribution >= 0.6 is 24.8 Å². The first-order valence-corrected chi connectivity index (χ1v) is 7.23. The molecule has 3 rings (SSSR count). The summed E-state index contributed by atoms with van der Waals surface area (Å²) in [6.45, 7) is 2.00. The van der Waals surface area contributed by atoms with Crippen LogP contribution in [0.4, 0.5) is 21.8 Å². The molecule has 0 spiro atoms. The molecule has 2 N–H and O–H groups in total. The molecule has 0 bridgehead atoms. The van der Waals surface area contributed by atoms with Gasteiger partial charge in [-0.15, -0.1) is 24.8 Å². The molecule has 0 radical (unpaired) electrons. The second-order valence-corrected chi connectivity index (χ2v) is 5.04. The molecule has 0 aliphatic carbocycles. The van der Waals surface area contributed by atoms with Crippen molar-refractivity contribution in [2.75, 3.05) is 10.6 Å². The highest BCUT2D eigenvalue weighted by Crippen LogP contribution is 2.20. The van der Waals surface area contributed by atoms with Gasteiger partial charge in [0.15, 0.2) is 0 Å². The van der Waals surface area contributed by atoms with Gasteiger partial charge >= 0.3 is 0 Å². The molecule has 2 heterocycles. The second kappa shape index (κ2) is 9.76. The van der Waals surface area contributed by atoms with E-state index < -0.39 is 0 Å². The molecule has 0 fully saturated rings. The zero-order valence-corrected chi connectivity index (χ0v) is 15.0. The van der Waals surface area contributed by atoms with Crippen LogP contribution in [0.25, 0.3) is 0 Å². The molecular formula is C17H18Cl2FN5.